The topological polar surface area (TPSA) is 52.6 Å². The van der Waals surface area contributed by atoms with E-state index in [0.717, 1.165) is 11.3 Å². The van der Waals surface area contributed by atoms with Gasteiger partial charge in [0, 0.05) is 31.2 Å². The molecule has 0 radical (unpaired) electrons. The number of aliphatic hydroxyl groups excluding tert-OH is 1. The van der Waals surface area contributed by atoms with Crippen LogP contribution in [0.1, 0.15) is 24.9 Å². The van der Waals surface area contributed by atoms with Crippen LogP contribution < -0.4 is 10.2 Å². The van der Waals surface area contributed by atoms with E-state index in [-0.39, 0.29) is 24.6 Å². The molecule has 17 heavy (non-hydrogen) atoms. The van der Waals surface area contributed by atoms with Gasteiger partial charge in [-0.3, -0.25) is 4.79 Å². The number of hydrogen-bond donors (Lipinski definition) is 2. The zero-order valence-electron chi connectivity index (χ0n) is 10.2. The monoisotopic (exact) mass is 234 g/mol. The van der Waals surface area contributed by atoms with Gasteiger partial charge in [-0.15, -0.1) is 0 Å². The molecule has 2 atom stereocenters. The smallest absolute Gasteiger partial charge is 0.228 e. The molecule has 0 spiro atoms. The van der Waals surface area contributed by atoms with Crippen LogP contribution >= 0.6 is 0 Å². The quantitative estimate of drug-likeness (QED) is 0.822. The molecule has 4 heteroatoms. The summed E-state index contributed by atoms with van der Waals surface area (Å²) in [4.78, 5) is 13.6. The lowest BCUT2D eigenvalue weighted by Gasteiger charge is -2.33. The summed E-state index contributed by atoms with van der Waals surface area (Å²) in [6.45, 7) is 1.98. The van der Waals surface area contributed by atoms with E-state index in [9.17, 15) is 4.79 Å². The normalized spacial score (nSPS) is 21.2. The Bertz CT molecular complexity index is 420. The summed E-state index contributed by atoms with van der Waals surface area (Å²) in [6.07, 6.45) is 0.442. The molecule has 1 aliphatic heterocycles. The Morgan fingerprint density at radius 3 is 2.94 bits per heavy atom. The van der Waals surface area contributed by atoms with Crippen LogP contribution in [-0.2, 0) is 4.79 Å². The first-order chi connectivity index (χ1) is 8.13. The Hall–Kier alpha value is -1.39. The van der Waals surface area contributed by atoms with Crippen LogP contribution in [-0.4, -0.2) is 30.7 Å². The second kappa shape index (κ2) is 4.85. The van der Waals surface area contributed by atoms with Gasteiger partial charge in [-0.1, -0.05) is 18.2 Å². The number of aliphatic hydroxyl groups is 1. The average molecular weight is 234 g/mol. The summed E-state index contributed by atoms with van der Waals surface area (Å²) in [6, 6.07) is 7.87. The molecule has 2 N–H and O–H groups in total. The molecule has 92 valence electrons. The third-order valence-corrected chi connectivity index (χ3v) is 3.19. The zero-order valence-corrected chi connectivity index (χ0v) is 10.2. The van der Waals surface area contributed by atoms with Gasteiger partial charge in [0.05, 0.1) is 6.61 Å². The number of fused-ring (bicyclic) bond motifs is 1. The number of carbonyl (C=O) groups excluding carboxylic acids is 1. The molecule has 1 aromatic rings. The van der Waals surface area contributed by atoms with E-state index in [1.165, 1.54) is 0 Å². The number of para-hydroxylation sites is 1. The van der Waals surface area contributed by atoms with Crippen LogP contribution in [0.2, 0.25) is 0 Å². The van der Waals surface area contributed by atoms with Gasteiger partial charge in [0.15, 0.2) is 0 Å². The van der Waals surface area contributed by atoms with Gasteiger partial charge in [-0.2, -0.15) is 0 Å². The predicted octanol–water partition coefficient (Wildman–Crippen LogP) is 1.06. The molecular formula is C13H18N2O2. The second-order valence-electron chi connectivity index (χ2n) is 4.52. The first-order valence-corrected chi connectivity index (χ1v) is 5.86. The summed E-state index contributed by atoms with van der Waals surface area (Å²) in [7, 11) is 1.80. The predicted molar refractivity (Wildman–Crippen MR) is 66.9 cm³/mol. The van der Waals surface area contributed by atoms with Crippen molar-refractivity contribution in [3.63, 3.8) is 0 Å². The first-order valence-electron chi connectivity index (χ1n) is 5.86. The maximum atomic E-state index is 11.9. The van der Waals surface area contributed by atoms with Crippen molar-refractivity contribution in [3.8, 4) is 0 Å². The lowest BCUT2D eigenvalue weighted by atomic mass is 9.95. The molecule has 0 saturated heterocycles. The lowest BCUT2D eigenvalue weighted by Crippen LogP contribution is -2.41. The van der Waals surface area contributed by atoms with Gasteiger partial charge >= 0.3 is 0 Å². The summed E-state index contributed by atoms with van der Waals surface area (Å²) < 4.78 is 0. The van der Waals surface area contributed by atoms with Crippen LogP contribution in [0.15, 0.2) is 24.3 Å². The van der Waals surface area contributed by atoms with Gasteiger partial charge in [-0.05, 0) is 18.6 Å². The Morgan fingerprint density at radius 2 is 2.24 bits per heavy atom. The van der Waals surface area contributed by atoms with Crippen molar-refractivity contribution in [2.45, 2.75) is 25.4 Å². The van der Waals surface area contributed by atoms with Crippen molar-refractivity contribution in [1.82, 2.24) is 5.32 Å². The maximum absolute atomic E-state index is 11.9. The van der Waals surface area contributed by atoms with Crippen LogP contribution in [0, 0.1) is 0 Å². The van der Waals surface area contributed by atoms with Crippen molar-refractivity contribution in [3.05, 3.63) is 29.8 Å². The fourth-order valence-electron chi connectivity index (χ4n) is 2.19. The minimum absolute atomic E-state index is 0.00273. The highest BCUT2D eigenvalue weighted by molar-refractivity contribution is 5.96. The third kappa shape index (κ3) is 2.33. The average Bonchev–Trinajstić information content (AvgIpc) is 2.35. The van der Waals surface area contributed by atoms with E-state index >= 15 is 0 Å². The second-order valence-corrected chi connectivity index (χ2v) is 4.52. The van der Waals surface area contributed by atoms with E-state index in [2.05, 4.69) is 5.32 Å². The number of hydrogen-bond acceptors (Lipinski definition) is 3. The lowest BCUT2D eigenvalue weighted by molar-refractivity contribution is -0.119. The molecule has 1 heterocycles. The van der Waals surface area contributed by atoms with Crippen LogP contribution in [0.3, 0.4) is 0 Å². The number of nitrogens with zero attached hydrogens (tertiary/aromatic N) is 1. The van der Waals surface area contributed by atoms with E-state index in [1.807, 2.05) is 31.2 Å². The minimum atomic E-state index is -0.00994. The number of benzene rings is 1. The fraction of sp³-hybridized carbons (Fsp3) is 0.462. The number of amides is 1. The number of rotatable bonds is 3. The molecular weight excluding hydrogens is 216 g/mol. The van der Waals surface area contributed by atoms with E-state index < -0.39 is 0 Å². The third-order valence-electron chi connectivity index (χ3n) is 3.19. The summed E-state index contributed by atoms with van der Waals surface area (Å²) in [5.41, 5.74) is 2.07. The highest BCUT2D eigenvalue weighted by Gasteiger charge is 2.29. The van der Waals surface area contributed by atoms with Crippen molar-refractivity contribution >= 4 is 11.6 Å². The van der Waals surface area contributed by atoms with Crippen LogP contribution in [0.25, 0.3) is 0 Å². The molecule has 1 aromatic carbocycles. The highest BCUT2D eigenvalue weighted by Crippen LogP contribution is 2.33. The molecule has 0 aliphatic carbocycles. The molecule has 2 rings (SSSR count). The van der Waals surface area contributed by atoms with Crippen molar-refractivity contribution < 1.29 is 9.90 Å². The van der Waals surface area contributed by atoms with Gasteiger partial charge in [0.2, 0.25) is 5.91 Å². The highest BCUT2D eigenvalue weighted by atomic mass is 16.3. The molecule has 0 fully saturated rings. The van der Waals surface area contributed by atoms with Crippen LogP contribution in [0.4, 0.5) is 5.69 Å². The SMILES string of the molecule is C[C@H](CO)NC1CC(=O)N(C)c2ccccc21. The summed E-state index contributed by atoms with van der Waals surface area (Å²) in [5, 5.41) is 12.4. The number of nitrogens with one attached hydrogen (secondary N) is 1. The standard InChI is InChI=1S/C13H18N2O2/c1-9(8-16)14-11-7-13(17)15(2)12-6-4-3-5-10(11)12/h3-6,9,11,14,16H,7-8H2,1-2H3/t9-,11?/m1/s1. The Kier molecular flexibility index (Phi) is 3.45. The minimum Gasteiger partial charge on any atom is -0.395 e. The Balaban J connectivity index is 2.30. The molecule has 0 bridgehead atoms. The van der Waals surface area contributed by atoms with Gasteiger partial charge in [0.25, 0.3) is 0 Å². The van der Waals surface area contributed by atoms with Crippen LogP contribution in [0.5, 0.6) is 0 Å². The van der Waals surface area contributed by atoms with Gasteiger partial charge < -0.3 is 15.3 Å². The number of carbonyl (C=O) groups is 1. The van der Waals surface area contributed by atoms with Gasteiger partial charge in [-0.25, -0.2) is 0 Å². The molecule has 1 amide bonds. The number of anilines is 1. The Labute approximate surface area is 101 Å². The molecule has 1 unspecified atom stereocenters. The largest absolute Gasteiger partial charge is 0.395 e. The molecule has 0 saturated carbocycles. The summed E-state index contributed by atoms with van der Waals surface area (Å²) in [5.74, 6) is 0.103. The van der Waals surface area contributed by atoms with Crippen molar-refractivity contribution in [2.24, 2.45) is 0 Å². The summed E-state index contributed by atoms with van der Waals surface area (Å²) >= 11 is 0. The maximum Gasteiger partial charge on any atom is 0.228 e. The van der Waals surface area contributed by atoms with E-state index in [1.54, 1.807) is 11.9 Å². The fourth-order valence-corrected chi connectivity index (χ4v) is 2.19. The van der Waals surface area contributed by atoms with Crippen molar-refractivity contribution in [1.29, 1.82) is 0 Å². The van der Waals surface area contributed by atoms with E-state index in [0.29, 0.717) is 6.42 Å². The van der Waals surface area contributed by atoms with Gasteiger partial charge in [0.1, 0.15) is 0 Å². The molecule has 4 nitrogen and oxygen atoms in total. The zero-order chi connectivity index (χ0) is 12.4. The Morgan fingerprint density at radius 1 is 1.53 bits per heavy atom. The molecule has 0 aromatic heterocycles. The van der Waals surface area contributed by atoms with Crippen molar-refractivity contribution in [2.75, 3.05) is 18.6 Å². The van der Waals surface area contributed by atoms with E-state index in [4.69, 9.17) is 5.11 Å². The first kappa shape index (κ1) is 12.1. The molecule has 1 aliphatic rings.